The molecule has 0 spiro atoms. The van der Waals surface area contributed by atoms with Crippen molar-refractivity contribution in [2.24, 2.45) is 5.92 Å². The van der Waals surface area contributed by atoms with Crippen LogP contribution in [0.15, 0.2) is 24.3 Å². The van der Waals surface area contributed by atoms with Crippen LogP contribution in [0.5, 0.6) is 5.75 Å². The molecule has 1 aliphatic heterocycles. The molecule has 5 nitrogen and oxygen atoms in total. The first-order valence-electron chi connectivity index (χ1n) is 7.45. The average Bonchev–Trinajstić information content (AvgIpc) is 2.45. The minimum atomic E-state index is 0.0562. The zero-order chi connectivity index (χ0) is 15.2. The number of rotatable bonds is 5. The Morgan fingerprint density at radius 1 is 1.38 bits per heavy atom. The number of ether oxygens (including phenoxy) is 1. The van der Waals surface area contributed by atoms with Crippen molar-refractivity contribution in [1.29, 1.82) is 0 Å². The zero-order valence-corrected chi connectivity index (χ0v) is 12.9. The minimum absolute atomic E-state index is 0.0562. The fourth-order valence-electron chi connectivity index (χ4n) is 2.72. The molecule has 0 unspecified atom stereocenters. The standard InChI is InChI=1S/C16H25N3O2/c1-18(2)11-13-6-8-19(9-7-13)16(20)12-21-15-5-3-4-14(17)10-15/h3-5,10,13H,6-9,11-12,17H2,1-2H3. The van der Waals surface area contributed by atoms with Gasteiger partial charge in [0, 0.05) is 31.4 Å². The predicted octanol–water partition coefficient (Wildman–Crippen LogP) is 1.45. The van der Waals surface area contributed by atoms with Gasteiger partial charge in [-0.15, -0.1) is 0 Å². The van der Waals surface area contributed by atoms with Gasteiger partial charge >= 0.3 is 0 Å². The Kier molecular flexibility index (Phi) is 5.44. The second-order valence-electron chi connectivity index (χ2n) is 5.95. The zero-order valence-electron chi connectivity index (χ0n) is 12.9. The number of hydrogen-bond donors (Lipinski definition) is 1. The minimum Gasteiger partial charge on any atom is -0.484 e. The number of benzene rings is 1. The van der Waals surface area contributed by atoms with E-state index >= 15 is 0 Å². The van der Waals surface area contributed by atoms with Gasteiger partial charge in [0.25, 0.3) is 5.91 Å². The summed E-state index contributed by atoms with van der Waals surface area (Å²) in [5, 5.41) is 0. The van der Waals surface area contributed by atoms with Gasteiger partial charge in [-0.05, 0) is 45.0 Å². The lowest BCUT2D eigenvalue weighted by Gasteiger charge is -2.33. The van der Waals surface area contributed by atoms with Crippen LogP contribution >= 0.6 is 0 Å². The molecule has 2 N–H and O–H groups in total. The van der Waals surface area contributed by atoms with E-state index in [1.54, 1.807) is 12.1 Å². The molecule has 0 saturated carbocycles. The Bertz CT molecular complexity index is 468. The van der Waals surface area contributed by atoms with Gasteiger partial charge in [0.1, 0.15) is 5.75 Å². The lowest BCUT2D eigenvalue weighted by molar-refractivity contribution is -0.134. The number of carbonyl (C=O) groups excluding carboxylic acids is 1. The molecule has 0 aromatic heterocycles. The Labute approximate surface area is 126 Å². The summed E-state index contributed by atoms with van der Waals surface area (Å²) in [6.45, 7) is 2.85. The van der Waals surface area contributed by atoms with Gasteiger partial charge in [0.2, 0.25) is 0 Å². The molecule has 1 saturated heterocycles. The first-order valence-corrected chi connectivity index (χ1v) is 7.45. The summed E-state index contributed by atoms with van der Waals surface area (Å²) in [6.07, 6.45) is 2.14. The molecule has 0 radical (unpaired) electrons. The van der Waals surface area contributed by atoms with E-state index in [4.69, 9.17) is 10.5 Å². The Hall–Kier alpha value is -1.75. The summed E-state index contributed by atoms with van der Waals surface area (Å²) in [4.78, 5) is 16.3. The van der Waals surface area contributed by atoms with Crippen molar-refractivity contribution in [3.8, 4) is 5.75 Å². The smallest absolute Gasteiger partial charge is 0.260 e. The number of anilines is 1. The number of piperidine rings is 1. The van der Waals surface area contributed by atoms with E-state index in [0.29, 0.717) is 17.4 Å². The van der Waals surface area contributed by atoms with Crippen LogP contribution in [0.25, 0.3) is 0 Å². The summed E-state index contributed by atoms with van der Waals surface area (Å²) in [6, 6.07) is 7.16. The van der Waals surface area contributed by atoms with E-state index in [2.05, 4.69) is 19.0 Å². The van der Waals surface area contributed by atoms with Crippen LogP contribution < -0.4 is 10.5 Å². The summed E-state index contributed by atoms with van der Waals surface area (Å²) in [5.74, 6) is 1.39. The van der Waals surface area contributed by atoms with Crippen molar-refractivity contribution in [2.75, 3.05) is 46.1 Å². The van der Waals surface area contributed by atoms with Crippen molar-refractivity contribution in [1.82, 2.24) is 9.80 Å². The van der Waals surface area contributed by atoms with Gasteiger partial charge < -0.3 is 20.3 Å². The molecule has 0 atom stereocenters. The molecule has 1 heterocycles. The van der Waals surface area contributed by atoms with Crippen molar-refractivity contribution in [3.05, 3.63) is 24.3 Å². The number of nitrogens with zero attached hydrogens (tertiary/aromatic N) is 2. The Morgan fingerprint density at radius 2 is 2.10 bits per heavy atom. The normalized spacial score (nSPS) is 16.2. The second-order valence-corrected chi connectivity index (χ2v) is 5.95. The molecule has 5 heteroatoms. The number of hydrogen-bond acceptors (Lipinski definition) is 4. The maximum Gasteiger partial charge on any atom is 0.260 e. The van der Waals surface area contributed by atoms with E-state index in [-0.39, 0.29) is 12.5 Å². The highest BCUT2D eigenvalue weighted by Gasteiger charge is 2.23. The van der Waals surface area contributed by atoms with Crippen molar-refractivity contribution >= 4 is 11.6 Å². The third-order valence-electron chi connectivity index (χ3n) is 3.81. The Balaban J connectivity index is 1.75. The number of likely N-dealkylation sites (tertiary alicyclic amines) is 1. The molecule has 1 aromatic carbocycles. The molecule has 0 aliphatic carbocycles. The number of carbonyl (C=O) groups is 1. The van der Waals surface area contributed by atoms with Crippen molar-refractivity contribution in [3.63, 3.8) is 0 Å². The molecule has 0 bridgehead atoms. The first kappa shape index (κ1) is 15.6. The highest BCUT2D eigenvalue weighted by atomic mass is 16.5. The van der Waals surface area contributed by atoms with Crippen LogP contribution in [0.2, 0.25) is 0 Å². The van der Waals surface area contributed by atoms with E-state index in [1.807, 2.05) is 17.0 Å². The lowest BCUT2D eigenvalue weighted by atomic mass is 9.96. The summed E-state index contributed by atoms with van der Waals surface area (Å²) in [5.41, 5.74) is 6.33. The SMILES string of the molecule is CN(C)CC1CCN(C(=O)COc2cccc(N)c2)CC1. The fraction of sp³-hybridized carbons (Fsp3) is 0.562. The predicted molar refractivity (Wildman–Crippen MR) is 84.2 cm³/mol. The first-order chi connectivity index (χ1) is 10.0. The number of nitrogen functional groups attached to an aromatic ring is 1. The van der Waals surface area contributed by atoms with Crippen LogP contribution in [-0.4, -0.2) is 56.0 Å². The maximum atomic E-state index is 12.1. The van der Waals surface area contributed by atoms with Crippen LogP contribution in [0, 0.1) is 5.92 Å². The molecule has 1 aliphatic rings. The summed E-state index contributed by atoms with van der Waals surface area (Å²) < 4.78 is 5.51. The van der Waals surface area contributed by atoms with Crippen LogP contribution in [0.1, 0.15) is 12.8 Å². The Morgan fingerprint density at radius 3 is 2.71 bits per heavy atom. The number of amides is 1. The van der Waals surface area contributed by atoms with Crippen molar-refractivity contribution < 1.29 is 9.53 Å². The van der Waals surface area contributed by atoms with Gasteiger partial charge in [-0.1, -0.05) is 6.07 Å². The molecule has 1 amide bonds. The van der Waals surface area contributed by atoms with Crippen LogP contribution in [0.3, 0.4) is 0 Å². The highest BCUT2D eigenvalue weighted by Crippen LogP contribution is 2.18. The molecule has 1 aromatic rings. The average molecular weight is 291 g/mol. The van der Waals surface area contributed by atoms with Crippen molar-refractivity contribution in [2.45, 2.75) is 12.8 Å². The van der Waals surface area contributed by atoms with E-state index in [0.717, 1.165) is 32.5 Å². The van der Waals surface area contributed by atoms with Gasteiger partial charge in [-0.25, -0.2) is 0 Å². The summed E-state index contributed by atoms with van der Waals surface area (Å²) >= 11 is 0. The van der Waals surface area contributed by atoms with E-state index in [1.165, 1.54) is 0 Å². The molecule has 116 valence electrons. The molecular weight excluding hydrogens is 266 g/mol. The maximum absolute atomic E-state index is 12.1. The largest absolute Gasteiger partial charge is 0.484 e. The lowest BCUT2D eigenvalue weighted by Crippen LogP contribution is -2.42. The molecular formula is C16H25N3O2. The monoisotopic (exact) mass is 291 g/mol. The molecule has 2 rings (SSSR count). The summed E-state index contributed by atoms with van der Waals surface area (Å²) in [7, 11) is 4.19. The highest BCUT2D eigenvalue weighted by molar-refractivity contribution is 5.77. The second kappa shape index (κ2) is 7.31. The van der Waals surface area contributed by atoms with Gasteiger partial charge in [0.05, 0.1) is 0 Å². The van der Waals surface area contributed by atoms with Crippen LogP contribution in [-0.2, 0) is 4.79 Å². The van der Waals surface area contributed by atoms with Crippen LogP contribution in [0.4, 0.5) is 5.69 Å². The van der Waals surface area contributed by atoms with E-state index < -0.39 is 0 Å². The number of nitrogens with two attached hydrogens (primary N) is 1. The van der Waals surface area contributed by atoms with Gasteiger partial charge in [0.15, 0.2) is 6.61 Å². The van der Waals surface area contributed by atoms with Gasteiger partial charge in [-0.2, -0.15) is 0 Å². The third kappa shape index (κ3) is 4.93. The van der Waals surface area contributed by atoms with Gasteiger partial charge in [-0.3, -0.25) is 4.79 Å². The molecule has 1 fully saturated rings. The van der Waals surface area contributed by atoms with E-state index in [9.17, 15) is 4.79 Å². The quantitative estimate of drug-likeness (QED) is 0.834. The molecule has 21 heavy (non-hydrogen) atoms. The fourth-order valence-corrected chi connectivity index (χ4v) is 2.72. The third-order valence-corrected chi connectivity index (χ3v) is 3.81. The topological polar surface area (TPSA) is 58.8 Å².